The number of benzene rings is 2. The zero-order valence-electron chi connectivity index (χ0n) is 12.2. The summed E-state index contributed by atoms with van der Waals surface area (Å²) in [5, 5.41) is 7.94. The Bertz CT molecular complexity index is 812. The van der Waals surface area contributed by atoms with E-state index < -0.39 is 0 Å². The first-order valence-electron chi connectivity index (χ1n) is 6.73. The number of rotatable bonds is 3. The molecule has 0 unspecified atom stereocenters. The molecule has 0 saturated carbocycles. The van der Waals surface area contributed by atoms with E-state index in [9.17, 15) is 0 Å². The molecule has 3 rings (SSSR count). The van der Waals surface area contributed by atoms with Gasteiger partial charge in [-0.15, -0.1) is 11.3 Å². The summed E-state index contributed by atoms with van der Waals surface area (Å²) in [7, 11) is 1.64. The van der Waals surface area contributed by atoms with Gasteiger partial charge in [-0.3, -0.25) is 0 Å². The lowest BCUT2D eigenvalue weighted by molar-refractivity contribution is 0.415. The van der Waals surface area contributed by atoms with Crippen LogP contribution >= 0.6 is 23.6 Å². The van der Waals surface area contributed by atoms with Gasteiger partial charge in [-0.1, -0.05) is 0 Å². The van der Waals surface area contributed by atoms with E-state index >= 15 is 0 Å². The fourth-order valence-corrected chi connectivity index (χ4v) is 3.19. The molecule has 3 aromatic rings. The molecule has 2 N–H and O–H groups in total. The van der Waals surface area contributed by atoms with Crippen molar-refractivity contribution in [1.29, 1.82) is 0 Å². The minimum absolute atomic E-state index is 0.547. The van der Waals surface area contributed by atoms with Crippen LogP contribution in [0, 0.1) is 6.92 Å². The molecule has 0 fully saturated rings. The van der Waals surface area contributed by atoms with E-state index in [0.29, 0.717) is 5.11 Å². The van der Waals surface area contributed by atoms with E-state index in [-0.39, 0.29) is 0 Å². The van der Waals surface area contributed by atoms with Crippen molar-refractivity contribution in [3.05, 3.63) is 47.5 Å². The first-order chi connectivity index (χ1) is 10.6. The van der Waals surface area contributed by atoms with Crippen LogP contribution in [0.4, 0.5) is 11.4 Å². The summed E-state index contributed by atoms with van der Waals surface area (Å²) in [4.78, 5) is 4.45. The zero-order chi connectivity index (χ0) is 15.5. The third-order valence-corrected chi connectivity index (χ3v) is 4.24. The van der Waals surface area contributed by atoms with Crippen LogP contribution in [0.25, 0.3) is 10.2 Å². The van der Waals surface area contributed by atoms with Gasteiger partial charge in [-0.05, 0) is 61.6 Å². The summed E-state index contributed by atoms with van der Waals surface area (Å²) in [6, 6.07) is 13.6. The van der Waals surface area contributed by atoms with Gasteiger partial charge in [-0.25, -0.2) is 4.98 Å². The molecule has 0 bridgehead atoms. The van der Waals surface area contributed by atoms with Gasteiger partial charge in [0.05, 0.1) is 22.3 Å². The van der Waals surface area contributed by atoms with Gasteiger partial charge in [0, 0.05) is 11.4 Å². The predicted molar refractivity (Wildman–Crippen MR) is 97.2 cm³/mol. The number of anilines is 2. The van der Waals surface area contributed by atoms with Gasteiger partial charge in [0.1, 0.15) is 5.75 Å². The summed E-state index contributed by atoms with van der Waals surface area (Å²) in [6.45, 7) is 2.01. The maximum absolute atomic E-state index is 5.34. The Kier molecular flexibility index (Phi) is 4.22. The van der Waals surface area contributed by atoms with Crippen LogP contribution in [0.2, 0.25) is 0 Å². The van der Waals surface area contributed by atoms with Gasteiger partial charge in [-0.2, -0.15) is 0 Å². The topological polar surface area (TPSA) is 46.2 Å². The Hall–Kier alpha value is -2.18. The first kappa shape index (κ1) is 14.7. The van der Waals surface area contributed by atoms with Crippen molar-refractivity contribution in [3.8, 4) is 5.75 Å². The molecule has 0 spiro atoms. The van der Waals surface area contributed by atoms with Crippen molar-refractivity contribution in [1.82, 2.24) is 4.98 Å². The minimum atomic E-state index is 0.547. The number of thiazole rings is 1. The predicted octanol–water partition coefficient (Wildman–Crippen LogP) is 4.42. The summed E-state index contributed by atoms with van der Waals surface area (Å²) < 4.78 is 6.28. The highest BCUT2D eigenvalue weighted by molar-refractivity contribution is 7.80. The molecule has 0 amide bonds. The van der Waals surface area contributed by atoms with Crippen molar-refractivity contribution in [3.63, 3.8) is 0 Å². The van der Waals surface area contributed by atoms with Crippen LogP contribution in [0.15, 0.2) is 42.5 Å². The van der Waals surface area contributed by atoms with E-state index in [4.69, 9.17) is 17.0 Å². The Balaban J connectivity index is 1.69. The normalized spacial score (nSPS) is 10.5. The van der Waals surface area contributed by atoms with Gasteiger partial charge in [0.25, 0.3) is 0 Å². The smallest absolute Gasteiger partial charge is 0.175 e. The molecule has 2 aromatic carbocycles. The third kappa shape index (κ3) is 3.35. The Morgan fingerprint density at radius 2 is 1.77 bits per heavy atom. The Morgan fingerprint density at radius 3 is 2.50 bits per heavy atom. The second-order valence-electron chi connectivity index (χ2n) is 4.72. The molecule has 0 aliphatic carbocycles. The van der Waals surface area contributed by atoms with Crippen molar-refractivity contribution in [2.75, 3.05) is 17.7 Å². The van der Waals surface area contributed by atoms with Crippen LogP contribution in [0.3, 0.4) is 0 Å². The Morgan fingerprint density at radius 1 is 1.09 bits per heavy atom. The lowest BCUT2D eigenvalue weighted by Gasteiger charge is -2.11. The van der Waals surface area contributed by atoms with E-state index in [0.717, 1.165) is 32.3 Å². The summed E-state index contributed by atoms with van der Waals surface area (Å²) in [6.07, 6.45) is 0. The molecule has 1 heterocycles. The van der Waals surface area contributed by atoms with E-state index in [1.165, 1.54) is 0 Å². The van der Waals surface area contributed by atoms with Crippen molar-refractivity contribution >= 4 is 50.3 Å². The van der Waals surface area contributed by atoms with Crippen LogP contribution in [0.5, 0.6) is 5.75 Å². The molecular weight excluding hydrogens is 314 g/mol. The number of aryl methyl sites for hydroxylation is 1. The van der Waals surface area contributed by atoms with E-state index in [1.807, 2.05) is 43.3 Å². The molecule has 112 valence electrons. The van der Waals surface area contributed by atoms with Crippen LogP contribution in [-0.4, -0.2) is 17.2 Å². The minimum Gasteiger partial charge on any atom is -0.497 e. The van der Waals surface area contributed by atoms with Gasteiger partial charge in [0.2, 0.25) is 0 Å². The number of nitrogens with zero attached hydrogens (tertiary/aromatic N) is 1. The largest absolute Gasteiger partial charge is 0.497 e. The van der Waals surface area contributed by atoms with Crippen LogP contribution < -0.4 is 15.4 Å². The molecule has 22 heavy (non-hydrogen) atoms. The SMILES string of the molecule is COc1ccc(NC(=S)Nc2ccc3nc(C)sc3c2)cc1. The molecule has 1 aromatic heterocycles. The number of methoxy groups -OCH3 is 1. The number of fused-ring (bicyclic) bond motifs is 1. The number of hydrogen-bond donors (Lipinski definition) is 2. The molecule has 0 saturated heterocycles. The quantitative estimate of drug-likeness (QED) is 0.696. The molecule has 0 aliphatic heterocycles. The second-order valence-corrected chi connectivity index (χ2v) is 6.37. The molecular formula is C16H15N3OS2. The number of nitrogens with one attached hydrogen (secondary N) is 2. The monoisotopic (exact) mass is 329 g/mol. The number of hydrogen-bond acceptors (Lipinski definition) is 4. The molecule has 0 radical (unpaired) electrons. The highest BCUT2D eigenvalue weighted by Crippen LogP contribution is 2.25. The molecule has 4 nitrogen and oxygen atoms in total. The lowest BCUT2D eigenvalue weighted by Crippen LogP contribution is -2.18. The average molecular weight is 329 g/mol. The molecule has 0 atom stereocenters. The summed E-state index contributed by atoms with van der Waals surface area (Å²) >= 11 is 7.01. The van der Waals surface area contributed by atoms with Gasteiger partial charge >= 0.3 is 0 Å². The van der Waals surface area contributed by atoms with Crippen LogP contribution in [-0.2, 0) is 0 Å². The van der Waals surface area contributed by atoms with Gasteiger partial charge in [0.15, 0.2) is 5.11 Å². The zero-order valence-corrected chi connectivity index (χ0v) is 13.8. The fraction of sp³-hybridized carbons (Fsp3) is 0.125. The first-order valence-corrected chi connectivity index (χ1v) is 7.96. The lowest BCUT2D eigenvalue weighted by atomic mass is 10.3. The number of aromatic nitrogens is 1. The Labute approximate surface area is 138 Å². The second kappa shape index (κ2) is 6.29. The summed E-state index contributed by atoms with van der Waals surface area (Å²) in [5.41, 5.74) is 2.87. The number of ether oxygens (including phenoxy) is 1. The van der Waals surface area contributed by atoms with Gasteiger partial charge < -0.3 is 15.4 Å². The summed E-state index contributed by atoms with van der Waals surface area (Å²) in [5.74, 6) is 0.815. The third-order valence-electron chi connectivity index (χ3n) is 3.10. The van der Waals surface area contributed by atoms with Crippen molar-refractivity contribution < 1.29 is 4.74 Å². The maximum atomic E-state index is 5.34. The van der Waals surface area contributed by atoms with E-state index in [2.05, 4.69) is 21.7 Å². The maximum Gasteiger partial charge on any atom is 0.175 e. The fourth-order valence-electron chi connectivity index (χ4n) is 2.09. The molecule has 0 aliphatic rings. The molecule has 6 heteroatoms. The highest BCUT2D eigenvalue weighted by atomic mass is 32.1. The standard InChI is InChI=1S/C16H15N3OS2/c1-10-17-14-8-5-12(9-15(14)22-10)19-16(21)18-11-3-6-13(20-2)7-4-11/h3-9H,1-2H3,(H2,18,19,21). The number of thiocarbonyl (C=S) groups is 1. The highest BCUT2D eigenvalue weighted by Gasteiger charge is 2.04. The van der Waals surface area contributed by atoms with Crippen molar-refractivity contribution in [2.24, 2.45) is 0 Å². The van der Waals surface area contributed by atoms with Crippen molar-refractivity contribution in [2.45, 2.75) is 6.92 Å². The van der Waals surface area contributed by atoms with E-state index in [1.54, 1.807) is 18.4 Å². The van der Waals surface area contributed by atoms with Crippen LogP contribution in [0.1, 0.15) is 5.01 Å². The average Bonchev–Trinajstić information content (AvgIpc) is 2.87.